The Labute approximate surface area is 130 Å². The minimum atomic E-state index is -0.344. The molecule has 1 aliphatic heterocycles. The SMILES string of the molecule is COc1ccccc1C(N)c1cc(C)cc2c1NC(=O)CC2. The highest BCUT2D eigenvalue weighted by Crippen LogP contribution is 2.36. The molecule has 0 spiro atoms. The molecular formula is C18H20N2O2. The number of amides is 1. The van der Waals surface area contributed by atoms with Crippen LogP contribution >= 0.6 is 0 Å². The summed E-state index contributed by atoms with van der Waals surface area (Å²) in [5.74, 6) is 0.803. The lowest BCUT2D eigenvalue weighted by molar-refractivity contribution is -0.116. The number of hydrogen-bond acceptors (Lipinski definition) is 3. The lowest BCUT2D eigenvalue weighted by Crippen LogP contribution is -2.23. The summed E-state index contributed by atoms with van der Waals surface area (Å²) in [4.78, 5) is 11.8. The van der Waals surface area contributed by atoms with E-state index in [-0.39, 0.29) is 11.9 Å². The van der Waals surface area contributed by atoms with Crippen LogP contribution < -0.4 is 15.8 Å². The fraction of sp³-hybridized carbons (Fsp3) is 0.278. The molecule has 1 atom stereocenters. The molecule has 0 aromatic heterocycles. The first-order valence-corrected chi connectivity index (χ1v) is 7.42. The largest absolute Gasteiger partial charge is 0.496 e. The van der Waals surface area contributed by atoms with Crippen molar-refractivity contribution < 1.29 is 9.53 Å². The van der Waals surface area contributed by atoms with Crippen molar-refractivity contribution in [2.75, 3.05) is 12.4 Å². The highest BCUT2D eigenvalue weighted by atomic mass is 16.5. The molecule has 3 N–H and O–H groups in total. The van der Waals surface area contributed by atoms with Gasteiger partial charge in [-0.1, -0.05) is 35.9 Å². The predicted molar refractivity (Wildman–Crippen MR) is 87.2 cm³/mol. The summed E-state index contributed by atoms with van der Waals surface area (Å²) >= 11 is 0. The number of ether oxygens (including phenoxy) is 1. The van der Waals surface area contributed by atoms with E-state index in [0.29, 0.717) is 6.42 Å². The van der Waals surface area contributed by atoms with Gasteiger partial charge in [-0.2, -0.15) is 0 Å². The molecule has 1 heterocycles. The van der Waals surface area contributed by atoms with Crippen molar-refractivity contribution in [2.24, 2.45) is 5.73 Å². The van der Waals surface area contributed by atoms with Gasteiger partial charge in [-0.25, -0.2) is 0 Å². The van der Waals surface area contributed by atoms with Gasteiger partial charge in [-0.05, 0) is 30.5 Å². The molecule has 0 aliphatic carbocycles. The summed E-state index contributed by atoms with van der Waals surface area (Å²) in [5, 5.41) is 2.98. The predicted octanol–water partition coefficient (Wildman–Crippen LogP) is 2.94. The molecule has 4 heteroatoms. The number of aryl methyl sites for hydroxylation is 2. The molecule has 0 radical (unpaired) electrons. The molecule has 1 aliphatic rings. The first-order valence-electron chi connectivity index (χ1n) is 7.42. The Morgan fingerprint density at radius 3 is 2.73 bits per heavy atom. The van der Waals surface area contributed by atoms with Crippen LogP contribution in [0.25, 0.3) is 0 Å². The van der Waals surface area contributed by atoms with E-state index in [1.807, 2.05) is 30.3 Å². The number of para-hydroxylation sites is 1. The monoisotopic (exact) mass is 296 g/mol. The van der Waals surface area contributed by atoms with Crippen LogP contribution in [0.3, 0.4) is 0 Å². The first kappa shape index (κ1) is 14.6. The molecule has 2 aromatic carbocycles. The van der Waals surface area contributed by atoms with E-state index in [2.05, 4.69) is 18.3 Å². The molecule has 1 amide bonds. The number of fused-ring (bicyclic) bond motifs is 1. The zero-order valence-electron chi connectivity index (χ0n) is 12.8. The van der Waals surface area contributed by atoms with Gasteiger partial charge in [0.15, 0.2) is 0 Å². The fourth-order valence-electron chi connectivity index (χ4n) is 3.03. The maximum absolute atomic E-state index is 11.8. The van der Waals surface area contributed by atoms with Gasteiger partial charge in [-0.15, -0.1) is 0 Å². The van der Waals surface area contributed by atoms with Gasteiger partial charge in [0.1, 0.15) is 5.75 Å². The van der Waals surface area contributed by atoms with Gasteiger partial charge in [0.05, 0.1) is 13.2 Å². The Morgan fingerprint density at radius 2 is 1.95 bits per heavy atom. The Bertz CT molecular complexity index is 725. The van der Waals surface area contributed by atoms with Gasteiger partial charge in [0.2, 0.25) is 5.91 Å². The molecule has 4 nitrogen and oxygen atoms in total. The van der Waals surface area contributed by atoms with Crippen molar-refractivity contribution in [1.29, 1.82) is 0 Å². The molecule has 0 saturated carbocycles. The van der Waals surface area contributed by atoms with Crippen LogP contribution in [0.1, 0.15) is 34.7 Å². The number of methoxy groups -OCH3 is 1. The fourth-order valence-corrected chi connectivity index (χ4v) is 3.03. The van der Waals surface area contributed by atoms with E-state index in [0.717, 1.165) is 40.1 Å². The number of rotatable bonds is 3. The second-order valence-electron chi connectivity index (χ2n) is 5.66. The lowest BCUT2D eigenvalue weighted by atomic mass is 9.90. The molecule has 114 valence electrons. The highest BCUT2D eigenvalue weighted by Gasteiger charge is 2.23. The molecule has 0 saturated heterocycles. The number of nitrogens with one attached hydrogen (secondary N) is 1. The zero-order valence-corrected chi connectivity index (χ0v) is 12.8. The third kappa shape index (κ3) is 2.57. The summed E-state index contributed by atoms with van der Waals surface area (Å²) in [7, 11) is 1.64. The Balaban J connectivity index is 2.11. The lowest BCUT2D eigenvalue weighted by Gasteiger charge is -2.25. The number of anilines is 1. The van der Waals surface area contributed by atoms with Crippen molar-refractivity contribution in [2.45, 2.75) is 25.8 Å². The van der Waals surface area contributed by atoms with E-state index in [4.69, 9.17) is 10.5 Å². The highest BCUT2D eigenvalue weighted by molar-refractivity contribution is 5.95. The van der Waals surface area contributed by atoms with E-state index < -0.39 is 0 Å². The number of hydrogen-bond donors (Lipinski definition) is 2. The van der Waals surface area contributed by atoms with Gasteiger partial charge < -0.3 is 15.8 Å². The third-order valence-electron chi connectivity index (χ3n) is 4.09. The summed E-state index contributed by atoms with van der Waals surface area (Å²) in [6.45, 7) is 2.05. The van der Waals surface area contributed by atoms with E-state index >= 15 is 0 Å². The van der Waals surface area contributed by atoms with Crippen LogP contribution in [0.5, 0.6) is 5.75 Å². The van der Waals surface area contributed by atoms with Gasteiger partial charge in [-0.3, -0.25) is 4.79 Å². The smallest absolute Gasteiger partial charge is 0.224 e. The minimum Gasteiger partial charge on any atom is -0.496 e. The maximum atomic E-state index is 11.8. The number of nitrogens with two attached hydrogens (primary N) is 1. The molecule has 0 fully saturated rings. The molecule has 2 aromatic rings. The molecular weight excluding hydrogens is 276 g/mol. The van der Waals surface area contributed by atoms with Crippen molar-refractivity contribution >= 4 is 11.6 Å². The Morgan fingerprint density at radius 1 is 1.18 bits per heavy atom. The van der Waals surface area contributed by atoms with Crippen molar-refractivity contribution in [3.8, 4) is 5.75 Å². The number of carbonyl (C=O) groups is 1. The summed E-state index contributed by atoms with van der Waals surface area (Å²) in [6.07, 6.45) is 1.29. The molecule has 1 unspecified atom stereocenters. The standard InChI is InChI=1S/C18H20N2O2/c1-11-9-12-7-8-16(21)20-18(12)14(10-11)17(19)13-5-3-4-6-15(13)22-2/h3-6,9-10,17H,7-8,19H2,1-2H3,(H,20,21). The zero-order chi connectivity index (χ0) is 15.7. The quantitative estimate of drug-likeness (QED) is 0.915. The van der Waals surface area contributed by atoms with Gasteiger partial charge in [0, 0.05) is 17.7 Å². The average molecular weight is 296 g/mol. The molecule has 0 bridgehead atoms. The minimum absolute atomic E-state index is 0.0461. The topological polar surface area (TPSA) is 64.3 Å². The van der Waals surface area contributed by atoms with Gasteiger partial charge in [0.25, 0.3) is 0 Å². The van der Waals surface area contributed by atoms with Crippen LogP contribution in [0.15, 0.2) is 36.4 Å². The Kier molecular flexibility index (Phi) is 3.86. The van der Waals surface area contributed by atoms with Crippen LogP contribution in [-0.2, 0) is 11.2 Å². The number of carbonyl (C=O) groups excluding carboxylic acids is 1. The second-order valence-corrected chi connectivity index (χ2v) is 5.66. The van der Waals surface area contributed by atoms with Crippen LogP contribution in [0, 0.1) is 6.92 Å². The number of benzene rings is 2. The van der Waals surface area contributed by atoms with Crippen LogP contribution in [0.4, 0.5) is 5.69 Å². The molecule has 3 rings (SSSR count). The summed E-state index contributed by atoms with van der Waals surface area (Å²) in [5.41, 5.74) is 11.5. The molecule has 22 heavy (non-hydrogen) atoms. The summed E-state index contributed by atoms with van der Waals surface area (Å²) in [6, 6.07) is 11.5. The van der Waals surface area contributed by atoms with Crippen LogP contribution in [0.2, 0.25) is 0 Å². The van der Waals surface area contributed by atoms with E-state index in [1.165, 1.54) is 0 Å². The van der Waals surface area contributed by atoms with E-state index in [9.17, 15) is 4.79 Å². The summed E-state index contributed by atoms with van der Waals surface area (Å²) < 4.78 is 5.42. The Hall–Kier alpha value is -2.33. The second kappa shape index (κ2) is 5.81. The van der Waals surface area contributed by atoms with Crippen molar-refractivity contribution in [1.82, 2.24) is 0 Å². The average Bonchev–Trinajstić information content (AvgIpc) is 2.53. The van der Waals surface area contributed by atoms with Gasteiger partial charge >= 0.3 is 0 Å². The van der Waals surface area contributed by atoms with Crippen molar-refractivity contribution in [3.05, 3.63) is 58.7 Å². The van der Waals surface area contributed by atoms with Crippen molar-refractivity contribution in [3.63, 3.8) is 0 Å². The van der Waals surface area contributed by atoms with E-state index in [1.54, 1.807) is 7.11 Å². The third-order valence-corrected chi connectivity index (χ3v) is 4.09. The van der Waals surface area contributed by atoms with Crippen LogP contribution in [-0.4, -0.2) is 13.0 Å². The normalized spacial score (nSPS) is 15.0. The first-order chi connectivity index (χ1) is 10.6. The maximum Gasteiger partial charge on any atom is 0.224 e.